The van der Waals surface area contributed by atoms with Gasteiger partial charge >= 0.3 is 5.97 Å². The Labute approximate surface area is 244 Å². The smallest absolute Gasteiger partial charge is 0.326 e. The van der Waals surface area contributed by atoms with E-state index in [9.17, 15) is 18.7 Å². The second-order valence-electron chi connectivity index (χ2n) is 11.3. The van der Waals surface area contributed by atoms with E-state index in [2.05, 4.69) is 26.8 Å². The molecular weight excluding hydrogens is 572 g/mol. The summed E-state index contributed by atoms with van der Waals surface area (Å²) < 4.78 is 45.8. The first-order valence-electron chi connectivity index (χ1n) is 13.9. The number of carboxylic acid groups (broad SMARTS) is 1. The third-order valence-electron chi connectivity index (χ3n) is 8.83. The Morgan fingerprint density at radius 1 is 1.24 bits per heavy atom. The number of fused-ring (bicyclic) bond motifs is 3. The van der Waals surface area contributed by atoms with Gasteiger partial charge in [-0.1, -0.05) is 23.7 Å². The molecule has 0 amide bonds. The van der Waals surface area contributed by atoms with Gasteiger partial charge in [0, 0.05) is 36.0 Å². The van der Waals surface area contributed by atoms with Gasteiger partial charge in [0.2, 0.25) is 5.88 Å². The SMILES string of the molecule is C[C@@H]1N(c2cc(Cl)cnc2OC2C[C@@H](C(=O)O)N(c3nc(C(F)F)nc4c3oc3ccccc34)C2)CCCC12COC2. The van der Waals surface area contributed by atoms with Gasteiger partial charge in [-0.15, -0.1) is 0 Å². The molecule has 0 bridgehead atoms. The minimum atomic E-state index is -2.96. The number of nitrogens with zero attached hydrogens (tertiary/aromatic N) is 5. The lowest BCUT2D eigenvalue weighted by atomic mass is 9.72. The van der Waals surface area contributed by atoms with Crippen molar-refractivity contribution in [2.24, 2.45) is 5.41 Å². The van der Waals surface area contributed by atoms with E-state index in [4.69, 9.17) is 25.5 Å². The highest BCUT2D eigenvalue weighted by Gasteiger charge is 2.49. The number of alkyl halides is 2. The largest absolute Gasteiger partial charge is 0.480 e. The number of rotatable bonds is 6. The maximum atomic E-state index is 13.9. The molecule has 0 saturated carbocycles. The van der Waals surface area contributed by atoms with E-state index in [1.165, 1.54) is 11.1 Å². The summed E-state index contributed by atoms with van der Waals surface area (Å²) in [6.45, 7) is 4.40. The molecule has 6 heterocycles. The van der Waals surface area contributed by atoms with Crippen LogP contribution in [0.3, 0.4) is 0 Å². The Bertz CT molecular complexity index is 1680. The highest BCUT2D eigenvalue weighted by molar-refractivity contribution is 6.30. The summed E-state index contributed by atoms with van der Waals surface area (Å²) in [5.74, 6) is -1.51. The third kappa shape index (κ3) is 4.39. The molecule has 1 aromatic carbocycles. The predicted octanol–water partition coefficient (Wildman–Crippen LogP) is 5.48. The molecule has 42 heavy (non-hydrogen) atoms. The summed E-state index contributed by atoms with van der Waals surface area (Å²) in [5, 5.41) is 11.2. The van der Waals surface area contributed by atoms with E-state index in [1.54, 1.807) is 24.3 Å². The molecule has 3 aromatic heterocycles. The minimum absolute atomic E-state index is 0.00846. The van der Waals surface area contributed by atoms with Gasteiger partial charge in [0.05, 0.1) is 24.8 Å². The van der Waals surface area contributed by atoms with Crippen molar-refractivity contribution in [3.05, 3.63) is 47.4 Å². The molecule has 0 aliphatic carbocycles. The van der Waals surface area contributed by atoms with E-state index in [0.29, 0.717) is 35.1 Å². The first-order valence-corrected chi connectivity index (χ1v) is 14.3. The zero-order chi connectivity index (χ0) is 29.2. The highest BCUT2D eigenvalue weighted by Crippen LogP contribution is 2.46. The van der Waals surface area contributed by atoms with Crippen molar-refractivity contribution in [1.82, 2.24) is 15.0 Å². The summed E-state index contributed by atoms with van der Waals surface area (Å²) in [4.78, 5) is 28.8. The predicted molar refractivity (Wildman–Crippen MR) is 151 cm³/mol. The normalized spacial score (nSPS) is 23.7. The van der Waals surface area contributed by atoms with Crippen LogP contribution in [0.4, 0.5) is 20.3 Å². The standard InChI is InChI=1S/C29H28ClF2N5O5/c1-15-29(13-40-14-29)7-4-8-36(15)19-9-16(30)11-33-27(19)41-17-10-20(28(38)39)37(12-17)26-23-22(34-25(35-26)24(31)32)18-5-2-3-6-21(18)42-23/h2-3,5-6,9,11,15,17,20,24H,4,7-8,10,12-14H2,1H3,(H,38,39)/t15-,17?,20-/m0/s1. The van der Waals surface area contributed by atoms with Crippen LogP contribution in [0.15, 0.2) is 40.9 Å². The Morgan fingerprint density at radius 2 is 2.05 bits per heavy atom. The number of hydrogen-bond acceptors (Lipinski definition) is 9. The maximum absolute atomic E-state index is 13.9. The van der Waals surface area contributed by atoms with Crippen molar-refractivity contribution in [3.8, 4) is 5.88 Å². The fourth-order valence-corrected chi connectivity index (χ4v) is 6.67. The van der Waals surface area contributed by atoms with Crippen LogP contribution in [0.1, 0.15) is 38.4 Å². The number of furan rings is 1. The Kier molecular flexibility index (Phi) is 6.58. The molecule has 1 spiro atoms. The molecule has 1 unspecified atom stereocenters. The number of aromatic nitrogens is 3. The van der Waals surface area contributed by atoms with Crippen molar-refractivity contribution in [1.29, 1.82) is 0 Å². The number of halogens is 3. The molecule has 7 rings (SSSR count). The number of pyridine rings is 1. The molecule has 3 fully saturated rings. The number of piperidine rings is 1. The first-order chi connectivity index (χ1) is 20.2. The molecule has 3 atom stereocenters. The summed E-state index contributed by atoms with van der Waals surface area (Å²) in [5.41, 5.74) is 1.58. The molecule has 13 heteroatoms. The Hall–Kier alpha value is -3.77. The van der Waals surface area contributed by atoms with Crippen molar-refractivity contribution < 1.29 is 32.6 Å². The second kappa shape index (κ2) is 10.2. The molecule has 220 valence electrons. The highest BCUT2D eigenvalue weighted by atomic mass is 35.5. The summed E-state index contributed by atoms with van der Waals surface area (Å²) in [7, 11) is 0. The van der Waals surface area contributed by atoms with E-state index in [1.807, 2.05) is 6.07 Å². The lowest BCUT2D eigenvalue weighted by Gasteiger charge is -2.54. The third-order valence-corrected chi connectivity index (χ3v) is 9.03. The second-order valence-corrected chi connectivity index (χ2v) is 11.7. The fraction of sp³-hybridized carbons (Fsp3) is 0.448. The van der Waals surface area contributed by atoms with E-state index < -0.39 is 30.4 Å². The average Bonchev–Trinajstić information content (AvgIpc) is 3.54. The molecular formula is C29H28ClF2N5O5. The first kappa shape index (κ1) is 27.1. The Morgan fingerprint density at radius 3 is 2.79 bits per heavy atom. The van der Waals surface area contributed by atoms with Gasteiger partial charge in [-0.05, 0) is 38.0 Å². The number of hydrogen-bond donors (Lipinski definition) is 1. The molecule has 4 aromatic rings. The quantitative estimate of drug-likeness (QED) is 0.306. The number of aliphatic carboxylic acids is 1. The molecule has 1 N–H and O–H groups in total. The lowest BCUT2D eigenvalue weighted by Crippen LogP contribution is -2.60. The van der Waals surface area contributed by atoms with Crippen molar-refractivity contribution in [2.45, 2.75) is 50.8 Å². The number of anilines is 2. The summed E-state index contributed by atoms with van der Waals surface area (Å²) >= 11 is 6.38. The molecule has 0 radical (unpaired) electrons. The summed E-state index contributed by atoms with van der Waals surface area (Å²) in [6, 6.07) is 7.79. The van der Waals surface area contributed by atoms with Gasteiger partial charge in [-0.2, -0.15) is 0 Å². The van der Waals surface area contributed by atoms with E-state index in [0.717, 1.165) is 25.1 Å². The number of ether oxygens (including phenoxy) is 2. The maximum Gasteiger partial charge on any atom is 0.326 e. The minimum Gasteiger partial charge on any atom is -0.480 e. The van der Waals surface area contributed by atoms with Crippen LogP contribution in [0.5, 0.6) is 5.88 Å². The van der Waals surface area contributed by atoms with Gasteiger partial charge in [-0.25, -0.2) is 28.5 Å². The van der Waals surface area contributed by atoms with Crippen LogP contribution >= 0.6 is 11.6 Å². The molecule has 10 nitrogen and oxygen atoms in total. The topological polar surface area (TPSA) is 114 Å². The molecule has 3 aliphatic rings. The van der Waals surface area contributed by atoms with Crippen LogP contribution in [0.25, 0.3) is 22.1 Å². The number of carboxylic acids is 1. The molecule has 3 aliphatic heterocycles. The van der Waals surface area contributed by atoms with Crippen LogP contribution in [-0.2, 0) is 9.53 Å². The zero-order valence-electron chi connectivity index (χ0n) is 22.7. The van der Waals surface area contributed by atoms with E-state index >= 15 is 0 Å². The van der Waals surface area contributed by atoms with Gasteiger partial charge in [0.15, 0.2) is 17.2 Å². The van der Waals surface area contributed by atoms with Crippen LogP contribution < -0.4 is 14.5 Å². The van der Waals surface area contributed by atoms with Crippen molar-refractivity contribution in [2.75, 3.05) is 36.1 Å². The van der Waals surface area contributed by atoms with Gasteiger partial charge in [-0.3, -0.25) is 0 Å². The van der Waals surface area contributed by atoms with Crippen molar-refractivity contribution >= 4 is 51.1 Å². The average molecular weight is 600 g/mol. The Balaban J connectivity index is 1.24. The van der Waals surface area contributed by atoms with E-state index in [-0.39, 0.29) is 41.3 Å². The number of benzene rings is 1. The van der Waals surface area contributed by atoms with Gasteiger partial charge < -0.3 is 28.8 Å². The molecule has 3 saturated heterocycles. The van der Waals surface area contributed by atoms with Gasteiger partial charge in [0.25, 0.3) is 6.43 Å². The van der Waals surface area contributed by atoms with Crippen molar-refractivity contribution in [3.63, 3.8) is 0 Å². The number of carbonyl (C=O) groups is 1. The fourth-order valence-electron chi connectivity index (χ4n) is 6.52. The number of para-hydroxylation sites is 1. The zero-order valence-corrected chi connectivity index (χ0v) is 23.4. The lowest BCUT2D eigenvalue weighted by molar-refractivity contribution is -0.138. The van der Waals surface area contributed by atoms with Crippen LogP contribution in [0.2, 0.25) is 5.02 Å². The van der Waals surface area contributed by atoms with Crippen LogP contribution in [0, 0.1) is 5.41 Å². The summed E-state index contributed by atoms with van der Waals surface area (Å²) in [6.07, 6.45) is 0.0205. The van der Waals surface area contributed by atoms with Gasteiger partial charge in [0.1, 0.15) is 28.9 Å². The van der Waals surface area contributed by atoms with Crippen LogP contribution in [-0.4, -0.2) is 70.5 Å². The monoisotopic (exact) mass is 599 g/mol.